The van der Waals surface area contributed by atoms with Crippen molar-refractivity contribution in [2.45, 2.75) is 19.9 Å². The van der Waals surface area contributed by atoms with E-state index in [0.717, 1.165) is 17.1 Å². The highest BCUT2D eigenvalue weighted by Crippen LogP contribution is 2.04. The second-order valence-electron chi connectivity index (χ2n) is 4.22. The predicted molar refractivity (Wildman–Crippen MR) is 60.3 cm³/mol. The molecule has 0 unspecified atom stereocenters. The van der Waals surface area contributed by atoms with Crippen molar-refractivity contribution in [1.82, 2.24) is 10.2 Å². The Balaban J connectivity index is 2.59. The lowest BCUT2D eigenvalue weighted by molar-refractivity contribution is -0.144. The van der Waals surface area contributed by atoms with E-state index in [9.17, 15) is 19.2 Å². The molecule has 1 aliphatic heterocycles. The zero-order valence-corrected chi connectivity index (χ0v) is 10.0. The summed E-state index contributed by atoms with van der Waals surface area (Å²) in [4.78, 5) is 45.6. The number of carbonyl (C=O) groups is 4. The van der Waals surface area contributed by atoms with Gasteiger partial charge in [-0.05, 0) is 5.92 Å². The third-order valence-electron chi connectivity index (χ3n) is 2.45. The molecule has 0 saturated heterocycles. The molecule has 0 saturated carbocycles. The van der Waals surface area contributed by atoms with Gasteiger partial charge in [0.05, 0.1) is 0 Å². The number of rotatable bonds is 5. The minimum absolute atomic E-state index is 0.297. The summed E-state index contributed by atoms with van der Waals surface area (Å²) in [6.07, 6.45) is 2.12. The molecular weight excluding hydrogens is 240 g/mol. The number of imide groups is 1. The van der Waals surface area contributed by atoms with Gasteiger partial charge in [0, 0.05) is 12.2 Å². The van der Waals surface area contributed by atoms with Gasteiger partial charge >= 0.3 is 5.97 Å². The van der Waals surface area contributed by atoms with Crippen LogP contribution in [0.3, 0.4) is 0 Å². The van der Waals surface area contributed by atoms with Crippen LogP contribution in [0.1, 0.15) is 13.8 Å². The zero-order chi connectivity index (χ0) is 13.9. The molecule has 98 valence electrons. The molecule has 7 heteroatoms. The third kappa shape index (κ3) is 3.16. The molecule has 0 spiro atoms. The van der Waals surface area contributed by atoms with E-state index in [4.69, 9.17) is 5.11 Å². The van der Waals surface area contributed by atoms with Gasteiger partial charge in [-0.25, -0.2) is 4.79 Å². The van der Waals surface area contributed by atoms with E-state index in [2.05, 4.69) is 5.32 Å². The Hall–Kier alpha value is -2.18. The smallest absolute Gasteiger partial charge is 0.326 e. The van der Waals surface area contributed by atoms with Crippen LogP contribution in [-0.4, -0.2) is 46.3 Å². The summed E-state index contributed by atoms with van der Waals surface area (Å²) < 4.78 is 0. The highest BCUT2D eigenvalue weighted by Gasteiger charge is 2.28. The second-order valence-corrected chi connectivity index (χ2v) is 4.22. The summed E-state index contributed by atoms with van der Waals surface area (Å²) in [5.41, 5.74) is 0. The lowest BCUT2D eigenvalue weighted by Gasteiger charge is -2.20. The fraction of sp³-hybridized carbons (Fsp3) is 0.455. The minimum Gasteiger partial charge on any atom is -0.480 e. The molecule has 3 amide bonds. The maximum Gasteiger partial charge on any atom is 0.326 e. The van der Waals surface area contributed by atoms with E-state index >= 15 is 0 Å². The van der Waals surface area contributed by atoms with Crippen LogP contribution in [0, 0.1) is 5.92 Å². The number of carboxylic acid groups (broad SMARTS) is 1. The van der Waals surface area contributed by atoms with Crippen molar-refractivity contribution in [2.24, 2.45) is 5.92 Å². The Kier molecular flexibility index (Phi) is 4.19. The van der Waals surface area contributed by atoms with Crippen molar-refractivity contribution in [1.29, 1.82) is 0 Å². The molecule has 0 radical (unpaired) electrons. The fourth-order valence-corrected chi connectivity index (χ4v) is 1.46. The topological polar surface area (TPSA) is 104 Å². The van der Waals surface area contributed by atoms with Crippen LogP contribution in [0.2, 0.25) is 0 Å². The molecule has 0 aliphatic carbocycles. The molecule has 1 aliphatic rings. The van der Waals surface area contributed by atoms with Gasteiger partial charge in [0.25, 0.3) is 11.8 Å². The normalized spacial score (nSPS) is 16.3. The van der Waals surface area contributed by atoms with E-state index in [1.54, 1.807) is 13.8 Å². The molecule has 0 fully saturated rings. The minimum atomic E-state index is -1.16. The predicted octanol–water partition coefficient (Wildman–Crippen LogP) is -0.863. The van der Waals surface area contributed by atoms with Crippen molar-refractivity contribution >= 4 is 23.7 Å². The van der Waals surface area contributed by atoms with Crippen LogP contribution in [0.25, 0.3) is 0 Å². The third-order valence-corrected chi connectivity index (χ3v) is 2.45. The number of amides is 3. The SMILES string of the molecule is CC(C)[C@H](NC(=O)CN1C(=O)C=CC1=O)C(=O)O. The molecule has 2 N–H and O–H groups in total. The summed E-state index contributed by atoms with van der Waals surface area (Å²) in [6.45, 7) is 2.82. The first-order valence-electron chi connectivity index (χ1n) is 5.38. The molecular formula is C11H14N2O5. The molecule has 1 rings (SSSR count). The van der Waals surface area contributed by atoms with Gasteiger partial charge in [0.15, 0.2) is 0 Å². The van der Waals surface area contributed by atoms with E-state index < -0.39 is 36.3 Å². The first kappa shape index (κ1) is 13.9. The lowest BCUT2D eigenvalue weighted by atomic mass is 10.0. The number of carboxylic acids is 1. The molecule has 0 bridgehead atoms. The van der Waals surface area contributed by atoms with Crippen molar-refractivity contribution in [3.63, 3.8) is 0 Å². The Bertz CT molecular complexity index is 409. The summed E-state index contributed by atoms with van der Waals surface area (Å²) in [7, 11) is 0. The van der Waals surface area contributed by atoms with Crippen LogP contribution in [0.4, 0.5) is 0 Å². The van der Waals surface area contributed by atoms with Gasteiger partial charge < -0.3 is 10.4 Å². The quantitative estimate of drug-likeness (QED) is 0.621. The average molecular weight is 254 g/mol. The number of nitrogens with one attached hydrogen (secondary N) is 1. The molecule has 1 heterocycles. The Morgan fingerprint density at radius 3 is 2.17 bits per heavy atom. The van der Waals surface area contributed by atoms with Crippen LogP contribution < -0.4 is 5.32 Å². The fourth-order valence-electron chi connectivity index (χ4n) is 1.46. The van der Waals surface area contributed by atoms with E-state index in [1.807, 2.05) is 0 Å². The number of nitrogens with zero attached hydrogens (tertiary/aromatic N) is 1. The summed E-state index contributed by atoms with van der Waals surface area (Å²) in [5.74, 6) is -3.29. The van der Waals surface area contributed by atoms with Gasteiger partial charge in [-0.2, -0.15) is 0 Å². The second kappa shape index (κ2) is 5.44. The molecule has 7 nitrogen and oxygen atoms in total. The highest BCUT2D eigenvalue weighted by atomic mass is 16.4. The molecule has 0 aromatic carbocycles. The first-order valence-corrected chi connectivity index (χ1v) is 5.38. The Morgan fingerprint density at radius 1 is 1.28 bits per heavy atom. The molecule has 0 aromatic heterocycles. The van der Waals surface area contributed by atoms with Crippen molar-refractivity contribution in [3.05, 3.63) is 12.2 Å². The maximum absolute atomic E-state index is 11.6. The molecule has 0 aromatic rings. The van der Waals surface area contributed by atoms with Gasteiger partial charge in [-0.1, -0.05) is 13.8 Å². The number of hydrogen-bond acceptors (Lipinski definition) is 4. The van der Waals surface area contributed by atoms with Crippen LogP contribution in [-0.2, 0) is 19.2 Å². The van der Waals surface area contributed by atoms with E-state index in [1.165, 1.54) is 0 Å². The van der Waals surface area contributed by atoms with E-state index in [0.29, 0.717) is 0 Å². The summed E-state index contributed by atoms with van der Waals surface area (Å²) in [5, 5.41) is 11.2. The number of aliphatic carboxylic acids is 1. The zero-order valence-electron chi connectivity index (χ0n) is 10.0. The Labute approximate surface area is 103 Å². The van der Waals surface area contributed by atoms with Gasteiger partial charge in [0.2, 0.25) is 5.91 Å². The van der Waals surface area contributed by atoms with Crippen molar-refractivity contribution in [3.8, 4) is 0 Å². The highest BCUT2D eigenvalue weighted by molar-refractivity contribution is 6.14. The number of carbonyl (C=O) groups excluding carboxylic acids is 3. The summed E-state index contributed by atoms with van der Waals surface area (Å²) in [6, 6.07) is -1.04. The average Bonchev–Trinajstić information content (AvgIpc) is 2.56. The van der Waals surface area contributed by atoms with Crippen LogP contribution in [0.15, 0.2) is 12.2 Å². The lowest BCUT2D eigenvalue weighted by Crippen LogP contribution is -2.49. The van der Waals surface area contributed by atoms with Crippen molar-refractivity contribution in [2.75, 3.05) is 6.54 Å². The van der Waals surface area contributed by atoms with Gasteiger partial charge in [-0.15, -0.1) is 0 Å². The Morgan fingerprint density at radius 2 is 1.78 bits per heavy atom. The standard InChI is InChI=1S/C11H14N2O5/c1-6(2)10(11(17)18)12-7(14)5-13-8(15)3-4-9(13)16/h3-4,6,10H,5H2,1-2H3,(H,12,14)(H,17,18)/t10-/m0/s1. The summed E-state index contributed by atoms with van der Waals surface area (Å²) >= 11 is 0. The first-order chi connectivity index (χ1) is 8.32. The number of hydrogen-bond donors (Lipinski definition) is 2. The molecule has 1 atom stereocenters. The van der Waals surface area contributed by atoms with Crippen LogP contribution in [0.5, 0.6) is 0 Å². The van der Waals surface area contributed by atoms with E-state index in [-0.39, 0.29) is 5.92 Å². The van der Waals surface area contributed by atoms with Gasteiger partial charge in [0.1, 0.15) is 12.6 Å². The maximum atomic E-state index is 11.6. The monoisotopic (exact) mass is 254 g/mol. The van der Waals surface area contributed by atoms with Crippen LogP contribution >= 0.6 is 0 Å². The van der Waals surface area contributed by atoms with Gasteiger partial charge in [-0.3, -0.25) is 19.3 Å². The largest absolute Gasteiger partial charge is 0.480 e. The van der Waals surface area contributed by atoms with Crippen molar-refractivity contribution < 1.29 is 24.3 Å². The molecule has 18 heavy (non-hydrogen) atoms.